The molecule has 0 radical (unpaired) electrons. The second-order valence-corrected chi connectivity index (χ2v) is 6.24. The van der Waals surface area contributed by atoms with Crippen LogP contribution in [0.4, 0.5) is 0 Å². The quantitative estimate of drug-likeness (QED) is 0.850. The van der Waals surface area contributed by atoms with E-state index in [2.05, 4.69) is 54.6 Å². The molecule has 3 atom stereocenters. The molecule has 0 aliphatic heterocycles. The average Bonchev–Trinajstić information content (AvgIpc) is 2.81. The van der Waals surface area contributed by atoms with Crippen LogP contribution in [0.25, 0.3) is 10.9 Å². The van der Waals surface area contributed by atoms with Crippen LogP contribution in [0.5, 0.6) is 0 Å². The molecule has 0 spiro atoms. The zero-order valence-corrected chi connectivity index (χ0v) is 11.9. The number of H-pyrrole nitrogens is 1. The topological polar surface area (TPSA) is 27.8 Å². The van der Waals surface area contributed by atoms with Crippen molar-refractivity contribution in [1.82, 2.24) is 10.3 Å². The van der Waals surface area contributed by atoms with E-state index in [1.165, 1.54) is 35.7 Å². The van der Waals surface area contributed by atoms with Gasteiger partial charge in [-0.15, -0.1) is 0 Å². The van der Waals surface area contributed by atoms with Crippen LogP contribution >= 0.6 is 0 Å². The van der Waals surface area contributed by atoms with Crippen LogP contribution in [0.1, 0.15) is 38.7 Å². The van der Waals surface area contributed by atoms with Gasteiger partial charge in [0.05, 0.1) is 0 Å². The second-order valence-electron chi connectivity index (χ2n) is 6.24. The van der Waals surface area contributed by atoms with Crippen molar-refractivity contribution in [2.75, 3.05) is 0 Å². The van der Waals surface area contributed by atoms with Crippen molar-refractivity contribution in [3.63, 3.8) is 0 Å². The SMILES string of the molecule is CC1CCC(NCc2c[nH]c3ccccc23)C(C)C1. The number of hydrogen-bond donors (Lipinski definition) is 2. The average molecular weight is 256 g/mol. The molecule has 1 heterocycles. The van der Waals surface area contributed by atoms with Crippen molar-refractivity contribution in [2.24, 2.45) is 11.8 Å². The molecular formula is C17H24N2. The third-order valence-corrected chi connectivity index (χ3v) is 4.66. The summed E-state index contributed by atoms with van der Waals surface area (Å²) in [6, 6.07) is 9.23. The highest BCUT2D eigenvalue weighted by Crippen LogP contribution is 2.29. The van der Waals surface area contributed by atoms with Crippen LogP contribution in [-0.4, -0.2) is 11.0 Å². The summed E-state index contributed by atoms with van der Waals surface area (Å²) in [7, 11) is 0. The Kier molecular flexibility index (Phi) is 3.61. The van der Waals surface area contributed by atoms with Gasteiger partial charge in [-0.05, 0) is 42.7 Å². The Hall–Kier alpha value is -1.28. The standard InChI is InChI=1S/C17H24N2/c1-12-7-8-16(13(2)9-12)18-10-14-11-19-17-6-4-3-5-15(14)17/h3-6,11-13,16,18-19H,7-10H2,1-2H3. The Morgan fingerprint density at radius 3 is 2.89 bits per heavy atom. The maximum absolute atomic E-state index is 3.77. The zero-order chi connectivity index (χ0) is 13.2. The maximum atomic E-state index is 3.77. The van der Waals surface area contributed by atoms with Gasteiger partial charge in [-0.25, -0.2) is 0 Å². The minimum Gasteiger partial charge on any atom is -0.361 e. The lowest BCUT2D eigenvalue weighted by atomic mass is 9.80. The predicted octanol–water partition coefficient (Wildman–Crippen LogP) is 4.08. The molecule has 19 heavy (non-hydrogen) atoms. The van der Waals surface area contributed by atoms with Gasteiger partial charge < -0.3 is 10.3 Å². The number of benzene rings is 1. The molecule has 1 aromatic heterocycles. The summed E-state index contributed by atoms with van der Waals surface area (Å²) in [6.07, 6.45) is 6.21. The minimum atomic E-state index is 0.685. The number of nitrogens with one attached hydrogen (secondary N) is 2. The van der Waals surface area contributed by atoms with Gasteiger partial charge >= 0.3 is 0 Å². The summed E-state index contributed by atoms with van der Waals surface area (Å²) in [6.45, 7) is 5.75. The molecule has 1 saturated carbocycles. The number of hydrogen-bond acceptors (Lipinski definition) is 1. The van der Waals surface area contributed by atoms with E-state index in [4.69, 9.17) is 0 Å². The first-order chi connectivity index (χ1) is 9.24. The van der Waals surface area contributed by atoms with Crippen LogP contribution in [0.15, 0.2) is 30.5 Å². The second kappa shape index (κ2) is 5.38. The summed E-state index contributed by atoms with van der Waals surface area (Å²) in [5, 5.41) is 5.12. The van der Waals surface area contributed by atoms with Crippen LogP contribution in [-0.2, 0) is 6.54 Å². The molecule has 1 aliphatic carbocycles. The highest BCUT2D eigenvalue weighted by molar-refractivity contribution is 5.82. The molecule has 0 saturated heterocycles. The first-order valence-corrected chi connectivity index (χ1v) is 7.52. The summed E-state index contributed by atoms with van der Waals surface area (Å²) < 4.78 is 0. The van der Waals surface area contributed by atoms with E-state index < -0.39 is 0 Å². The number of para-hydroxylation sites is 1. The first kappa shape index (κ1) is 12.7. The van der Waals surface area contributed by atoms with Crippen LogP contribution in [0, 0.1) is 11.8 Å². The summed E-state index contributed by atoms with van der Waals surface area (Å²) in [4.78, 5) is 3.35. The van der Waals surface area contributed by atoms with Crippen molar-refractivity contribution < 1.29 is 0 Å². The van der Waals surface area contributed by atoms with Crippen LogP contribution < -0.4 is 5.32 Å². The zero-order valence-electron chi connectivity index (χ0n) is 11.9. The molecule has 2 N–H and O–H groups in total. The Labute approximate surface area is 115 Å². The normalized spacial score (nSPS) is 27.8. The van der Waals surface area contributed by atoms with E-state index in [0.717, 1.165) is 18.4 Å². The summed E-state index contributed by atoms with van der Waals surface area (Å²) in [5.41, 5.74) is 2.63. The van der Waals surface area contributed by atoms with E-state index in [-0.39, 0.29) is 0 Å². The van der Waals surface area contributed by atoms with Gasteiger partial charge in [0.15, 0.2) is 0 Å². The molecule has 2 nitrogen and oxygen atoms in total. The van der Waals surface area contributed by atoms with Crippen molar-refractivity contribution >= 4 is 10.9 Å². The Balaban J connectivity index is 1.66. The van der Waals surface area contributed by atoms with E-state index >= 15 is 0 Å². The van der Waals surface area contributed by atoms with Gasteiger partial charge in [0.1, 0.15) is 0 Å². The molecule has 1 aromatic carbocycles. The van der Waals surface area contributed by atoms with Gasteiger partial charge in [0, 0.05) is 29.7 Å². The van der Waals surface area contributed by atoms with Crippen LogP contribution in [0.3, 0.4) is 0 Å². The van der Waals surface area contributed by atoms with Gasteiger partial charge in [0.25, 0.3) is 0 Å². The fraction of sp³-hybridized carbons (Fsp3) is 0.529. The third-order valence-electron chi connectivity index (χ3n) is 4.66. The molecule has 1 fully saturated rings. The molecule has 0 bridgehead atoms. The molecule has 102 valence electrons. The summed E-state index contributed by atoms with van der Waals surface area (Å²) in [5.74, 6) is 1.70. The van der Waals surface area contributed by atoms with Gasteiger partial charge in [-0.2, -0.15) is 0 Å². The van der Waals surface area contributed by atoms with Crippen molar-refractivity contribution in [2.45, 2.75) is 45.7 Å². The van der Waals surface area contributed by atoms with Crippen LogP contribution in [0.2, 0.25) is 0 Å². The predicted molar refractivity (Wildman–Crippen MR) is 81.1 cm³/mol. The number of fused-ring (bicyclic) bond motifs is 1. The largest absolute Gasteiger partial charge is 0.361 e. The molecule has 2 heteroatoms. The highest BCUT2D eigenvalue weighted by Gasteiger charge is 2.24. The molecular weight excluding hydrogens is 232 g/mol. The van der Waals surface area contributed by atoms with Gasteiger partial charge in [0.2, 0.25) is 0 Å². The Morgan fingerprint density at radius 1 is 1.21 bits per heavy atom. The van der Waals surface area contributed by atoms with Gasteiger partial charge in [-0.1, -0.05) is 32.0 Å². The lowest BCUT2D eigenvalue weighted by Gasteiger charge is -2.33. The number of rotatable bonds is 3. The lowest BCUT2D eigenvalue weighted by Crippen LogP contribution is -2.38. The monoisotopic (exact) mass is 256 g/mol. The van der Waals surface area contributed by atoms with E-state index in [1.807, 2.05) is 0 Å². The fourth-order valence-electron chi connectivity index (χ4n) is 3.49. The highest BCUT2D eigenvalue weighted by atomic mass is 14.9. The Morgan fingerprint density at radius 2 is 2.05 bits per heavy atom. The number of aromatic amines is 1. The van der Waals surface area contributed by atoms with E-state index in [1.54, 1.807) is 0 Å². The molecule has 3 rings (SSSR count). The number of aromatic nitrogens is 1. The van der Waals surface area contributed by atoms with E-state index in [9.17, 15) is 0 Å². The molecule has 1 aliphatic rings. The molecule has 3 unspecified atom stereocenters. The summed E-state index contributed by atoms with van der Waals surface area (Å²) >= 11 is 0. The Bertz CT molecular complexity index is 543. The molecule has 0 amide bonds. The van der Waals surface area contributed by atoms with Crippen molar-refractivity contribution in [3.8, 4) is 0 Å². The van der Waals surface area contributed by atoms with E-state index in [0.29, 0.717) is 6.04 Å². The minimum absolute atomic E-state index is 0.685. The van der Waals surface area contributed by atoms with Crippen molar-refractivity contribution in [3.05, 3.63) is 36.0 Å². The lowest BCUT2D eigenvalue weighted by molar-refractivity contribution is 0.227. The molecule has 2 aromatic rings. The fourth-order valence-corrected chi connectivity index (χ4v) is 3.49. The maximum Gasteiger partial charge on any atom is 0.0457 e. The third kappa shape index (κ3) is 2.69. The first-order valence-electron chi connectivity index (χ1n) is 7.52. The van der Waals surface area contributed by atoms with Crippen molar-refractivity contribution in [1.29, 1.82) is 0 Å². The van der Waals surface area contributed by atoms with Gasteiger partial charge in [-0.3, -0.25) is 0 Å². The smallest absolute Gasteiger partial charge is 0.0457 e.